The van der Waals surface area contributed by atoms with E-state index in [1.807, 2.05) is 12.4 Å². The van der Waals surface area contributed by atoms with Crippen LogP contribution in [0.1, 0.15) is 70.8 Å². The third-order valence-electron chi connectivity index (χ3n) is 10.9. The Labute approximate surface area is 194 Å². The number of fused-ring (bicyclic) bond motifs is 6. The molecule has 2 nitrogen and oxygen atoms in total. The molecular weight excluding hydrogens is 388 g/mol. The summed E-state index contributed by atoms with van der Waals surface area (Å²) in [6, 6.07) is 10.00. The van der Waals surface area contributed by atoms with Crippen LogP contribution in [0, 0.1) is 34.5 Å². The van der Waals surface area contributed by atoms with Crippen molar-refractivity contribution in [3.05, 3.63) is 48.3 Å². The van der Waals surface area contributed by atoms with E-state index < -0.39 is 0 Å². The molecule has 6 rings (SSSR count). The molecule has 4 aliphatic carbocycles. The van der Waals surface area contributed by atoms with Crippen LogP contribution in [0.15, 0.2) is 42.7 Å². The van der Waals surface area contributed by atoms with Crippen LogP contribution < -0.4 is 0 Å². The number of hydrogen-bond acceptors (Lipinski definition) is 2. The SMILES string of the molecule is CN(C)[C@H]1CC[C@@]2(C)C(CC[C@@H]3[C@@H]2CC[C@]2(C)C(c4ccc5ccncc5c4)=CC[C@@H]32)C1. The van der Waals surface area contributed by atoms with Crippen molar-refractivity contribution in [1.29, 1.82) is 0 Å². The highest BCUT2D eigenvalue weighted by molar-refractivity contribution is 5.86. The van der Waals surface area contributed by atoms with Crippen LogP contribution in [-0.2, 0) is 0 Å². The topological polar surface area (TPSA) is 16.1 Å². The van der Waals surface area contributed by atoms with E-state index in [1.54, 1.807) is 5.57 Å². The summed E-state index contributed by atoms with van der Waals surface area (Å²) in [6.45, 7) is 5.31. The smallest absolute Gasteiger partial charge is 0.0346 e. The Morgan fingerprint density at radius 3 is 2.66 bits per heavy atom. The Morgan fingerprint density at radius 2 is 1.81 bits per heavy atom. The van der Waals surface area contributed by atoms with Gasteiger partial charge in [0.25, 0.3) is 0 Å². The third kappa shape index (κ3) is 2.98. The second kappa shape index (κ2) is 7.42. The average molecular weight is 429 g/mol. The zero-order chi connectivity index (χ0) is 22.1. The first-order valence-electron chi connectivity index (χ1n) is 13.1. The Morgan fingerprint density at radius 1 is 0.938 bits per heavy atom. The molecule has 1 aromatic heterocycles. The molecular formula is C30H40N2. The predicted octanol–water partition coefficient (Wildman–Crippen LogP) is 7.20. The average Bonchev–Trinajstić information content (AvgIpc) is 3.15. The second-order valence-electron chi connectivity index (χ2n) is 12.3. The van der Waals surface area contributed by atoms with Gasteiger partial charge in [-0.05, 0) is 129 Å². The maximum atomic E-state index is 4.37. The summed E-state index contributed by atoms with van der Waals surface area (Å²) < 4.78 is 0. The molecule has 1 aromatic carbocycles. The molecule has 2 aromatic rings. The zero-order valence-corrected chi connectivity index (χ0v) is 20.5. The first-order valence-corrected chi connectivity index (χ1v) is 13.1. The zero-order valence-electron chi connectivity index (χ0n) is 20.5. The van der Waals surface area contributed by atoms with Gasteiger partial charge in [0.2, 0.25) is 0 Å². The lowest BCUT2D eigenvalue weighted by atomic mass is 9.44. The highest BCUT2D eigenvalue weighted by Crippen LogP contribution is 2.67. The molecule has 3 saturated carbocycles. The number of pyridine rings is 1. The van der Waals surface area contributed by atoms with E-state index in [-0.39, 0.29) is 0 Å². The standard InChI is InChI=1S/C30H40N2/c1-29-14-11-24(32(3)4)18-23(29)7-8-25-27-10-9-26(30(27,2)15-12-28(25)29)21-6-5-20-13-16-31-19-22(20)17-21/h5-6,9,13,16-17,19,23-25,27-28H,7-8,10-12,14-15,18H2,1-4H3/t23?,24-,25-,27-,28-,29-,30+/m0/s1. The number of allylic oxidation sites excluding steroid dienone is 2. The normalized spacial score (nSPS) is 41.2. The number of rotatable bonds is 2. The minimum atomic E-state index is 0.348. The number of hydrogen-bond donors (Lipinski definition) is 0. The van der Waals surface area contributed by atoms with E-state index in [4.69, 9.17) is 0 Å². The summed E-state index contributed by atoms with van der Waals surface area (Å²) in [6.07, 6.45) is 17.9. The van der Waals surface area contributed by atoms with Crippen molar-refractivity contribution in [2.75, 3.05) is 14.1 Å². The van der Waals surface area contributed by atoms with Crippen molar-refractivity contribution >= 4 is 16.3 Å². The molecule has 1 unspecified atom stereocenters. The molecule has 0 radical (unpaired) electrons. The first kappa shape index (κ1) is 20.9. The van der Waals surface area contributed by atoms with Crippen LogP contribution >= 0.6 is 0 Å². The minimum Gasteiger partial charge on any atom is -0.306 e. The van der Waals surface area contributed by atoms with Gasteiger partial charge in [0.05, 0.1) is 0 Å². The van der Waals surface area contributed by atoms with Crippen molar-refractivity contribution in [1.82, 2.24) is 9.88 Å². The lowest BCUT2D eigenvalue weighted by Gasteiger charge is -2.61. The van der Waals surface area contributed by atoms with Crippen molar-refractivity contribution in [2.45, 2.75) is 71.3 Å². The molecule has 7 atom stereocenters. The number of benzene rings is 1. The van der Waals surface area contributed by atoms with Gasteiger partial charge in [-0.1, -0.05) is 32.1 Å². The molecule has 170 valence electrons. The molecule has 0 aliphatic heterocycles. The van der Waals surface area contributed by atoms with E-state index in [0.29, 0.717) is 10.8 Å². The van der Waals surface area contributed by atoms with E-state index in [9.17, 15) is 0 Å². The molecule has 2 heteroatoms. The molecule has 0 N–H and O–H groups in total. The summed E-state index contributed by atoms with van der Waals surface area (Å²) in [4.78, 5) is 6.87. The summed E-state index contributed by atoms with van der Waals surface area (Å²) in [5.41, 5.74) is 4.01. The first-order chi connectivity index (χ1) is 15.4. The van der Waals surface area contributed by atoms with Crippen LogP contribution in [0.2, 0.25) is 0 Å². The van der Waals surface area contributed by atoms with Gasteiger partial charge < -0.3 is 4.90 Å². The molecule has 4 aliphatic rings. The molecule has 0 spiro atoms. The Hall–Kier alpha value is -1.67. The fraction of sp³-hybridized carbons (Fsp3) is 0.633. The van der Waals surface area contributed by atoms with Gasteiger partial charge in [-0.15, -0.1) is 0 Å². The van der Waals surface area contributed by atoms with Gasteiger partial charge in [0, 0.05) is 23.8 Å². The summed E-state index contributed by atoms with van der Waals surface area (Å²) >= 11 is 0. The van der Waals surface area contributed by atoms with Crippen LogP contribution in [-0.4, -0.2) is 30.0 Å². The van der Waals surface area contributed by atoms with Crippen molar-refractivity contribution in [3.8, 4) is 0 Å². The van der Waals surface area contributed by atoms with Gasteiger partial charge >= 0.3 is 0 Å². The van der Waals surface area contributed by atoms with E-state index >= 15 is 0 Å². The summed E-state index contributed by atoms with van der Waals surface area (Å²) in [5.74, 6) is 3.64. The highest BCUT2D eigenvalue weighted by Gasteiger charge is 2.58. The number of aromatic nitrogens is 1. The van der Waals surface area contributed by atoms with Crippen molar-refractivity contribution in [2.24, 2.45) is 34.5 Å². The Bertz CT molecular complexity index is 1050. The molecule has 0 saturated heterocycles. The lowest BCUT2D eigenvalue weighted by Crippen LogP contribution is -2.54. The largest absolute Gasteiger partial charge is 0.306 e. The second-order valence-corrected chi connectivity index (χ2v) is 12.3. The third-order valence-corrected chi connectivity index (χ3v) is 10.9. The quantitative estimate of drug-likeness (QED) is 0.503. The lowest BCUT2D eigenvalue weighted by molar-refractivity contribution is -0.106. The Kier molecular flexibility index (Phi) is 4.85. The predicted molar refractivity (Wildman–Crippen MR) is 134 cm³/mol. The molecule has 3 fully saturated rings. The maximum Gasteiger partial charge on any atom is 0.0346 e. The molecule has 1 heterocycles. The van der Waals surface area contributed by atoms with Gasteiger partial charge in [0.15, 0.2) is 0 Å². The van der Waals surface area contributed by atoms with Crippen LogP contribution in [0.25, 0.3) is 16.3 Å². The monoisotopic (exact) mass is 428 g/mol. The maximum absolute atomic E-state index is 4.37. The minimum absolute atomic E-state index is 0.348. The fourth-order valence-corrected chi connectivity index (χ4v) is 8.97. The van der Waals surface area contributed by atoms with Gasteiger partial charge in [0.1, 0.15) is 0 Å². The highest BCUT2D eigenvalue weighted by atomic mass is 15.1. The van der Waals surface area contributed by atoms with Crippen LogP contribution in [0.3, 0.4) is 0 Å². The van der Waals surface area contributed by atoms with Gasteiger partial charge in [-0.25, -0.2) is 0 Å². The number of nitrogens with zero attached hydrogens (tertiary/aromatic N) is 2. The van der Waals surface area contributed by atoms with Crippen LogP contribution in [0.4, 0.5) is 0 Å². The van der Waals surface area contributed by atoms with E-state index in [1.165, 1.54) is 67.7 Å². The summed E-state index contributed by atoms with van der Waals surface area (Å²) in [7, 11) is 4.58. The summed E-state index contributed by atoms with van der Waals surface area (Å²) in [5, 5.41) is 2.57. The van der Waals surface area contributed by atoms with Gasteiger partial charge in [-0.3, -0.25) is 4.98 Å². The van der Waals surface area contributed by atoms with E-state index in [0.717, 1.165) is 29.7 Å². The fourth-order valence-electron chi connectivity index (χ4n) is 8.97. The molecule has 0 bridgehead atoms. The molecule has 32 heavy (non-hydrogen) atoms. The van der Waals surface area contributed by atoms with Crippen molar-refractivity contribution in [3.63, 3.8) is 0 Å². The van der Waals surface area contributed by atoms with Crippen molar-refractivity contribution < 1.29 is 0 Å². The van der Waals surface area contributed by atoms with Crippen LogP contribution in [0.5, 0.6) is 0 Å². The van der Waals surface area contributed by atoms with E-state index in [2.05, 4.69) is 68.2 Å². The van der Waals surface area contributed by atoms with Gasteiger partial charge in [-0.2, -0.15) is 0 Å². The molecule has 0 amide bonds. The Balaban J connectivity index is 1.28.